The number of aliphatic hydroxyl groups is 1. The molecule has 0 aromatic heterocycles. The third kappa shape index (κ3) is 1.49. The second-order valence-electron chi connectivity index (χ2n) is 5.05. The molecule has 102 valence electrons. The summed E-state index contributed by atoms with van der Waals surface area (Å²) >= 11 is 0. The summed E-state index contributed by atoms with van der Waals surface area (Å²) in [6.07, 6.45) is 1.08. The molecule has 0 saturated carbocycles. The molecule has 0 aromatic rings. The molecule has 1 saturated heterocycles. The number of carbonyl (C=O) groups excluding carboxylic acids is 2. The summed E-state index contributed by atoms with van der Waals surface area (Å²) in [5.74, 6) is -0.236. The first-order valence-corrected chi connectivity index (χ1v) is 6.06. The smallest absolute Gasteiger partial charge is 0.269 e. The summed E-state index contributed by atoms with van der Waals surface area (Å²) < 4.78 is 0. The van der Waals surface area contributed by atoms with Crippen LogP contribution in [0.5, 0.6) is 0 Å². The summed E-state index contributed by atoms with van der Waals surface area (Å²) in [4.78, 5) is 28.0. The lowest BCUT2D eigenvalue weighted by molar-refractivity contribution is -0.137. The minimum atomic E-state index is -1.70. The second kappa shape index (κ2) is 4.01. The van der Waals surface area contributed by atoms with Crippen molar-refractivity contribution in [1.29, 1.82) is 5.41 Å². The number of amides is 2. The van der Waals surface area contributed by atoms with E-state index in [1.54, 1.807) is 0 Å². The van der Waals surface area contributed by atoms with Crippen LogP contribution in [0.4, 0.5) is 0 Å². The van der Waals surface area contributed by atoms with Gasteiger partial charge in [-0.3, -0.25) is 15.0 Å². The van der Waals surface area contributed by atoms with Crippen molar-refractivity contribution < 1.29 is 14.7 Å². The standard InChI is InChI=1S/C12H16N4O3/c1-3-4-7-11(2,19)16-10(18)12(7)6(5-13)8(14)15-9(12)17/h7,13,19H,3-4H2,1-2H3,(H,16,18)(H2,14,15,17). The van der Waals surface area contributed by atoms with Gasteiger partial charge in [-0.25, -0.2) is 0 Å². The third-order valence-corrected chi connectivity index (χ3v) is 3.84. The highest BCUT2D eigenvalue weighted by molar-refractivity contribution is 6.29. The zero-order valence-corrected chi connectivity index (χ0v) is 10.8. The van der Waals surface area contributed by atoms with Gasteiger partial charge >= 0.3 is 0 Å². The number of carbonyl (C=O) groups is 2. The Morgan fingerprint density at radius 1 is 1.58 bits per heavy atom. The molecule has 5 N–H and O–H groups in total. The van der Waals surface area contributed by atoms with E-state index in [-0.39, 0.29) is 11.4 Å². The first-order valence-electron chi connectivity index (χ1n) is 6.06. The van der Waals surface area contributed by atoms with Gasteiger partial charge in [0.05, 0.1) is 5.57 Å². The van der Waals surface area contributed by atoms with Crippen LogP contribution in [-0.4, -0.2) is 34.4 Å². The van der Waals surface area contributed by atoms with Gasteiger partial charge in [-0.1, -0.05) is 13.3 Å². The molecule has 3 unspecified atom stereocenters. The van der Waals surface area contributed by atoms with Crippen molar-refractivity contribution in [1.82, 2.24) is 5.32 Å². The van der Waals surface area contributed by atoms with E-state index in [1.165, 1.54) is 6.92 Å². The zero-order valence-electron chi connectivity index (χ0n) is 10.8. The Kier molecular flexibility index (Phi) is 2.84. The fourth-order valence-electron chi connectivity index (χ4n) is 3.04. The summed E-state index contributed by atoms with van der Waals surface area (Å²) in [5.41, 5.74) is 2.30. The van der Waals surface area contributed by atoms with Crippen LogP contribution in [-0.2, 0) is 9.59 Å². The van der Waals surface area contributed by atoms with E-state index in [1.807, 2.05) is 6.92 Å². The number of amidine groups is 1. The maximum absolute atomic E-state index is 12.3. The Hall–Kier alpha value is -1.98. The molecule has 0 radical (unpaired) electrons. The maximum atomic E-state index is 12.3. The van der Waals surface area contributed by atoms with Crippen molar-refractivity contribution in [3.63, 3.8) is 0 Å². The Morgan fingerprint density at radius 2 is 2.21 bits per heavy atom. The molecule has 2 heterocycles. The van der Waals surface area contributed by atoms with Crippen LogP contribution >= 0.6 is 0 Å². The average Bonchev–Trinajstić information content (AvgIpc) is 2.66. The third-order valence-electron chi connectivity index (χ3n) is 3.84. The molecule has 0 aliphatic carbocycles. The van der Waals surface area contributed by atoms with Crippen LogP contribution in [0, 0.1) is 16.7 Å². The van der Waals surface area contributed by atoms with Gasteiger partial charge in [0, 0.05) is 5.92 Å². The quantitative estimate of drug-likeness (QED) is 0.388. The molecule has 19 heavy (non-hydrogen) atoms. The molecule has 7 heteroatoms. The SMILES string of the molecule is CCCC1C(C)(O)NC(=O)C12C(=O)N=C(N)C2=C=N. The Morgan fingerprint density at radius 3 is 2.74 bits per heavy atom. The molecule has 1 spiro atoms. The highest BCUT2D eigenvalue weighted by Crippen LogP contribution is 2.51. The number of rotatable bonds is 2. The number of nitrogens with one attached hydrogen (secondary N) is 2. The summed E-state index contributed by atoms with van der Waals surface area (Å²) in [5, 5.41) is 20.0. The summed E-state index contributed by atoms with van der Waals surface area (Å²) in [7, 11) is 0. The number of nitrogens with two attached hydrogens (primary N) is 1. The van der Waals surface area contributed by atoms with E-state index < -0.39 is 28.9 Å². The van der Waals surface area contributed by atoms with Gasteiger partial charge in [0.15, 0.2) is 5.41 Å². The molecule has 7 nitrogen and oxygen atoms in total. The fraction of sp³-hybridized carbons (Fsp3) is 0.583. The minimum Gasteiger partial charge on any atom is -0.383 e. The molecule has 3 atom stereocenters. The van der Waals surface area contributed by atoms with Crippen molar-refractivity contribution >= 4 is 23.5 Å². The van der Waals surface area contributed by atoms with Crippen molar-refractivity contribution in [3.8, 4) is 0 Å². The van der Waals surface area contributed by atoms with Gasteiger partial charge in [0.2, 0.25) is 5.91 Å². The predicted octanol–water partition coefficient (Wildman–Crippen LogP) is -0.700. The molecule has 0 bridgehead atoms. The maximum Gasteiger partial charge on any atom is 0.269 e. The highest BCUT2D eigenvalue weighted by Gasteiger charge is 2.68. The van der Waals surface area contributed by atoms with Gasteiger partial charge in [0.25, 0.3) is 5.91 Å². The van der Waals surface area contributed by atoms with Gasteiger partial charge in [-0.15, -0.1) is 0 Å². The van der Waals surface area contributed by atoms with Gasteiger partial charge < -0.3 is 16.2 Å². The molecular formula is C12H16N4O3. The van der Waals surface area contributed by atoms with Crippen molar-refractivity contribution in [3.05, 3.63) is 5.57 Å². The number of aliphatic imine (C=N–C) groups is 1. The first-order chi connectivity index (χ1) is 8.82. The lowest BCUT2D eigenvalue weighted by Crippen LogP contribution is -2.45. The Labute approximate surface area is 110 Å². The monoisotopic (exact) mass is 264 g/mol. The van der Waals surface area contributed by atoms with Crippen LogP contribution in [0.2, 0.25) is 0 Å². The number of nitrogens with zero attached hydrogens (tertiary/aromatic N) is 1. The van der Waals surface area contributed by atoms with E-state index in [0.29, 0.717) is 12.8 Å². The van der Waals surface area contributed by atoms with Crippen LogP contribution in [0.15, 0.2) is 10.6 Å². The predicted molar refractivity (Wildman–Crippen MR) is 67.5 cm³/mol. The fourth-order valence-corrected chi connectivity index (χ4v) is 3.04. The molecule has 1 fully saturated rings. The lowest BCUT2D eigenvalue weighted by Gasteiger charge is -2.31. The topological polar surface area (TPSA) is 129 Å². The van der Waals surface area contributed by atoms with Crippen LogP contribution in [0.1, 0.15) is 26.7 Å². The highest BCUT2D eigenvalue weighted by atomic mass is 16.3. The van der Waals surface area contributed by atoms with E-state index in [2.05, 4.69) is 16.2 Å². The molecular weight excluding hydrogens is 248 g/mol. The normalized spacial score (nSPS) is 37.5. The van der Waals surface area contributed by atoms with E-state index in [0.717, 1.165) is 0 Å². The van der Waals surface area contributed by atoms with E-state index in [4.69, 9.17) is 11.1 Å². The van der Waals surface area contributed by atoms with Gasteiger partial charge in [0.1, 0.15) is 11.6 Å². The Balaban J connectivity index is 2.67. The minimum absolute atomic E-state index is 0.0498. The van der Waals surface area contributed by atoms with Gasteiger partial charge in [-0.2, -0.15) is 4.99 Å². The second-order valence-corrected chi connectivity index (χ2v) is 5.05. The molecule has 0 aromatic carbocycles. The molecule has 2 aliphatic heterocycles. The molecule has 2 rings (SSSR count). The number of hydrogen-bond acceptors (Lipinski definition) is 5. The van der Waals surface area contributed by atoms with E-state index >= 15 is 0 Å². The van der Waals surface area contributed by atoms with Crippen molar-refractivity contribution in [2.24, 2.45) is 22.1 Å². The zero-order chi connectivity index (χ0) is 14.4. The summed E-state index contributed by atoms with van der Waals surface area (Å²) in [6.45, 7) is 3.31. The number of hydrogen-bond donors (Lipinski definition) is 4. The van der Waals surface area contributed by atoms with Crippen LogP contribution in [0.3, 0.4) is 0 Å². The average molecular weight is 264 g/mol. The largest absolute Gasteiger partial charge is 0.383 e. The molecule has 2 aliphatic rings. The van der Waals surface area contributed by atoms with Crippen molar-refractivity contribution in [2.45, 2.75) is 32.4 Å². The first kappa shape index (κ1) is 13.5. The van der Waals surface area contributed by atoms with Gasteiger partial charge in [-0.05, 0) is 19.2 Å². The van der Waals surface area contributed by atoms with E-state index in [9.17, 15) is 14.7 Å². The van der Waals surface area contributed by atoms with Crippen molar-refractivity contribution in [2.75, 3.05) is 0 Å². The molecule has 2 amide bonds. The Bertz CT molecular complexity index is 545. The lowest BCUT2D eigenvalue weighted by atomic mass is 9.68. The van der Waals surface area contributed by atoms with Crippen LogP contribution < -0.4 is 11.1 Å². The van der Waals surface area contributed by atoms with Crippen LogP contribution in [0.25, 0.3) is 0 Å². The summed E-state index contributed by atoms with van der Waals surface area (Å²) in [6, 6.07) is 0.